The summed E-state index contributed by atoms with van der Waals surface area (Å²) >= 11 is 0. The number of carbonyl (C=O) groups excluding carboxylic acids is 2. The van der Waals surface area contributed by atoms with Crippen LogP contribution in [0.15, 0.2) is 16.7 Å². The van der Waals surface area contributed by atoms with Gasteiger partial charge in [-0.1, -0.05) is 0 Å². The van der Waals surface area contributed by atoms with E-state index in [1.165, 1.54) is 13.4 Å². The van der Waals surface area contributed by atoms with E-state index in [0.29, 0.717) is 6.54 Å². The maximum absolute atomic E-state index is 11.8. The van der Waals surface area contributed by atoms with Gasteiger partial charge in [0.05, 0.1) is 13.4 Å². The fraction of sp³-hybridized carbons (Fsp3) is 0.647. The third-order valence-electron chi connectivity index (χ3n) is 3.82. The van der Waals surface area contributed by atoms with Crippen LogP contribution in [-0.2, 0) is 16.0 Å². The van der Waals surface area contributed by atoms with Gasteiger partial charge in [0.1, 0.15) is 5.60 Å². The third kappa shape index (κ3) is 5.26. The molecule has 0 radical (unpaired) electrons. The zero-order valence-corrected chi connectivity index (χ0v) is 14.8. The van der Waals surface area contributed by atoms with E-state index in [1.807, 2.05) is 20.8 Å². The number of esters is 1. The Morgan fingerprint density at radius 3 is 2.58 bits per heavy atom. The summed E-state index contributed by atoms with van der Waals surface area (Å²) in [5.41, 5.74) is 0.330. The number of likely N-dealkylation sites (tertiary alicyclic amines) is 1. The van der Waals surface area contributed by atoms with Gasteiger partial charge in [0, 0.05) is 31.2 Å². The van der Waals surface area contributed by atoms with Gasteiger partial charge in [0.25, 0.3) is 0 Å². The molecule has 0 aliphatic carbocycles. The fourth-order valence-electron chi connectivity index (χ4n) is 2.68. The minimum Gasteiger partial charge on any atom is -0.463 e. The number of amides is 1. The first-order chi connectivity index (χ1) is 11.3. The van der Waals surface area contributed by atoms with Crippen molar-refractivity contribution in [2.45, 2.75) is 51.8 Å². The van der Waals surface area contributed by atoms with Crippen molar-refractivity contribution < 1.29 is 23.5 Å². The molecule has 7 heteroatoms. The maximum atomic E-state index is 11.8. The second-order valence-corrected chi connectivity index (χ2v) is 6.96. The summed E-state index contributed by atoms with van der Waals surface area (Å²) in [6.07, 6.45) is 2.80. The van der Waals surface area contributed by atoms with E-state index in [0.717, 1.165) is 31.5 Å². The number of rotatable bonds is 4. The number of alkyl carbamates (subject to hydrolysis) is 1. The SMILES string of the molecule is COC(=O)c1occc1CN1CCC(NC(=O)OC(C)(C)C)CC1. The number of furan rings is 1. The van der Waals surface area contributed by atoms with Crippen LogP contribution in [0.1, 0.15) is 49.7 Å². The molecule has 0 atom stereocenters. The Morgan fingerprint density at radius 1 is 1.33 bits per heavy atom. The molecule has 1 N–H and O–H groups in total. The lowest BCUT2D eigenvalue weighted by atomic mass is 10.0. The highest BCUT2D eigenvalue weighted by molar-refractivity contribution is 5.87. The molecule has 7 nitrogen and oxygen atoms in total. The molecule has 0 unspecified atom stereocenters. The van der Waals surface area contributed by atoms with E-state index < -0.39 is 11.6 Å². The van der Waals surface area contributed by atoms with Crippen molar-refractivity contribution in [3.05, 3.63) is 23.7 Å². The fourth-order valence-corrected chi connectivity index (χ4v) is 2.68. The number of nitrogens with one attached hydrogen (secondary N) is 1. The Hall–Kier alpha value is -2.02. The number of nitrogens with zero attached hydrogens (tertiary/aromatic N) is 1. The summed E-state index contributed by atoms with van der Waals surface area (Å²) < 4.78 is 15.2. The highest BCUT2D eigenvalue weighted by Gasteiger charge is 2.25. The zero-order valence-electron chi connectivity index (χ0n) is 14.8. The maximum Gasteiger partial charge on any atom is 0.407 e. The molecule has 134 valence electrons. The minimum atomic E-state index is -0.490. The first-order valence-electron chi connectivity index (χ1n) is 8.15. The Bertz CT molecular complexity index is 568. The first kappa shape index (κ1) is 18.3. The molecule has 2 rings (SSSR count). The molecule has 0 bridgehead atoms. The smallest absolute Gasteiger partial charge is 0.407 e. The predicted octanol–water partition coefficient (Wildman–Crippen LogP) is 2.56. The summed E-state index contributed by atoms with van der Waals surface area (Å²) in [6.45, 7) is 7.82. The van der Waals surface area contributed by atoms with Crippen molar-refractivity contribution in [3.8, 4) is 0 Å². The molecule has 1 fully saturated rings. The topological polar surface area (TPSA) is 81.0 Å². The second kappa shape index (κ2) is 7.70. The lowest BCUT2D eigenvalue weighted by Gasteiger charge is -2.32. The van der Waals surface area contributed by atoms with Gasteiger partial charge < -0.3 is 19.2 Å². The molecule has 1 amide bonds. The highest BCUT2D eigenvalue weighted by Crippen LogP contribution is 2.18. The number of piperidine rings is 1. The van der Waals surface area contributed by atoms with Crippen molar-refractivity contribution >= 4 is 12.1 Å². The molecular weight excluding hydrogens is 312 g/mol. The summed E-state index contributed by atoms with van der Waals surface area (Å²) in [7, 11) is 1.34. The van der Waals surface area contributed by atoms with E-state index in [4.69, 9.17) is 13.9 Å². The van der Waals surface area contributed by atoms with Crippen LogP contribution in [0, 0.1) is 0 Å². The van der Waals surface area contributed by atoms with Gasteiger partial charge in [-0.3, -0.25) is 4.90 Å². The van der Waals surface area contributed by atoms with E-state index >= 15 is 0 Å². The van der Waals surface area contributed by atoms with Crippen LogP contribution in [0.5, 0.6) is 0 Å². The average molecular weight is 338 g/mol. The molecule has 0 saturated carbocycles. The van der Waals surface area contributed by atoms with Crippen molar-refractivity contribution in [2.75, 3.05) is 20.2 Å². The Kier molecular flexibility index (Phi) is 5.88. The average Bonchev–Trinajstić information content (AvgIpc) is 2.94. The molecule has 1 aromatic heterocycles. The zero-order chi connectivity index (χ0) is 17.7. The normalized spacial score (nSPS) is 16.7. The molecular formula is C17H26N2O5. The van der Waals surface area contributed by atoms with Crippen molar-refractivity contribution in [2.24, 2.45) is 0 Å². The molecule has 0 aromatic carbocycles. The highest BCUT2D eigenvalue weighted by atomic mass is 16.6. The summed E-state index contributed by atoms with van der Waals surface area (Å²) in [5.74, 6) is -0.206. The van der Waals surface area contributed by atoms with Crippen molar-refractivity contribution in [1.82, 2.24) is 10.2 Å². The summed E-state index contributed by atoms with van der Waals surface area (Å²) in [4.78, 5) is 25.7. The second-order valence-electron chi connectivity index (χ2n) is 6.96. The van der Waals surface area contributed by atoms with E-state index in [-0.39, 0.29) is 17.9 Å². The number of carbonyl (C=O) groups is 2. The van der Waals surface area contributed by atoms with Gasteiger partial charge in [-0.15, -0.1) is 0 Å². The van der Waals surface area contributed by atoms with Crippen molar-refractivity contribution in [3.63, 3.8) is 0 Å². The van der Waals surface area contributed by atoms with Gasteiger partial charge in [-0.25, -0.2) is 9.59 Å². The van der Waals surface area contributed by atoms with E-state index in [9.17, 15) is 9.59 Å². The molecule has 1 aromatic rings. The van der Waals surface area contributed by atoms with Crippen LogP contribution < -0.4 is 5.32 Å². The van der Waals surface area contributed by atoms with Crippen LogP contribution in [0.4, 0.5) is 4.79 Å². The van der Waals surface area contributed by atoms with Gasteiger partial charge in [-0.2, -0.15) is 0 Å². The molecule has 1 aliphatic rings. The van der Waals surface area contributed by atoms with Gasteiger partial charge in [0.15, 0.2) is 0 Å². The number of hydrogen-bond donors (Lipinski definition) is 1. The monoisotopic (exact) mass is 338 g/mol. The minimum absolute atomic E-state index is 0.112. The summed E-state index contributed by atoms with van der Waals surface area (Å²) in [6, 6.07) is 1.90. The molecule has 1 aliphatic heterocycles. The third-order valence-corrected chi connectivity index (χ3v) is 3.82. The molecule has 1 saturated heterocycles. The molecule has 2 heterocycles. The lowest BCUT2D eigenvalue weighted by molar-refractivity contribution is 0.0474. The van der Waals surface area contributed by atoms with Gasteiger partial charge in [0.2, 0.25) is 5.76 Å². The van der Waals surface area contributed by atoms with Gasteiger partial charge >= 0.3 is 12.1 Å². The van der Waals surface area contributed by atoms with Crippen LogP contribution in [-0.4, -0.2) is 48.8 Å². The predicted molar refractivity (Wildman–Crippen MR) is 87.7 cm³/mol. The largest absolute Gasteiger partial charge is 0.463 e. The lowest BCUT2D eigenvalue weighted by Crippen LogP contribution is -2.45. The van der Waals surface area contributed by atoms with Crippen LogP contribution in [0.2, 0.25) is 0 Å². The van der Waals surface area contributed by atoms with Crippen LogP contribution in [0.3, 0.4) is 0 Å². The standard InChI is InChI=1S/C17H26N2O5/c1-17(2,3)24-16(21)18-13-5-8-19(9-6-13)11-12-7-10-23-14(12)15(20)22-4/h7,10,13H,5-6,8-9,11H2,1-4H3,(H,18,21). The molecule has 0 spiro atoms. The Balaban J connectivity index is 1.80. The van der Waals surface area contributed by atoms with Crippen LogP contribution >= 0.6 is 0 Å². The number of hydrogen-bond acceptors (Lipinski definition) is 6. The Labute approximate surface area is 142 Å². The number of ether oxygens (including phenoxy) is 2. The molecule has 24 heavy (non-hydrogen) atoms. The Morgan fingerprint density at radius 2 is 2.00 bits per heavy atom. The number of methoxy groups -OCH3 is 1. The van der Waals surface area contributed by atoms with E-state index in [1.54, 1.807) is 6.07 Å². The van der Waals surface area contributed by atoms with Crippen molar-refractivity contribution in [1.29, 1.82) is 0 Å². The summed E-state index contributed by atoms with van der Waals surface area (Å²) in [5, 5.41) is 2.91. The van der Waals surface area contributed by atoms with E-state index in [2.05, 4.69) is 10.2 Å². The first-order valence-corrected chi connectivity index (χ1v) is 8.15. The van der Waals surface area contributed by atoms with Gasteiger partial charge in [-0.05, 0) is 39.7 Å². The quantitative estimate of drug-likeness (QED) is 0.850. The van der Waals surface area contributed by atoms with Crippen LogP contribution in [0.25, 0.3) is 0 Å².